The predicted molar refractivity (Wildman–Crippen MR) is 64.2 cm³/mol. The van der Waals surface area contributed by atoms with Crippen LogP contribution >= 0.6 is 0 Å². The second kappa shape index (κ2) is 6.27. The quantitative estimate of drug-likeness (QED) is 0.570. The third-order valence-corrected chi connectivity index (χ3v) is 2.27. The van der Waals surface area contributed by atoms with Gasteiger partial charge in [0, 0.05) is 12.5 Å². The molecule has 5 heteroatoms. The van der Waals surface area contributed by atoms with Crippen LogP contribution in [0.5, 0.6) is 5.88 Å². The average molecular weight is 224 g/mol. The van der Waals surface area contributed by atoms with E-state index in [1.807, 2.05) is 6.92 Å². The summed E-state index contributed by atoms with van der Waals surface area (Å²) >= 11 is 0. The van der Waals surface area contributed by atoms with Crippen molar-refractivity contribution in [1.29, 1.82) is 0 Å². The highest BCUT2D eigenvalue weighted by Crippen LogP contribution is 2.15. The Labute approximate surface area is 96.4 Å². The lowest BCUT2D eigenvalue weighted by atomic mass is 10.3. The van der Waals surface area contributed by atoms with Crippen LogP contribution in [0.4, 0.5) is 5.82 Å². The summed E-state index contributed by atoms with van der Waals surface area (Å²) in [5.41, 5.74) is 2.53. The molecule has 0 saturated heterocycles. The molecule has 0 aliphatic carbocycles. The molecule has 0 aliphatic heterocycles. The number of nitrogen functional groups attached to an aromatic ring is 1. The highest BCUT2D eigenvalue weighted by Gasteiger charge is 2.07. The minimum absolute atomic E-state index is 0.148. The van der Waals surface area contributed by atoms with E-state index >= 15 is 0 Å². The fourth-order valence-corrected chi connectivity index (χ4v) is 1.23. The molecule has 0 radical (unpaired) electrons. The van der Waals surface area contributed by atoms with E-state index in [0.717, 1.165) is 25.1 Å². The van der Waals surface area contributed by atoms with E-state index in [-0.39, 0.29) is 6.10 Å². The summed E-state index contributed by atoms with van der Waals surface area (Å²) < 4.78 is 5.65. The van der Waals surface area contributed by atoms with Crippen molar-refractivity contribution in [3.63, 3.8) is 0 Å². The van der Waals surface area contributed by atoms with Gasteiger partial charge in [0.1, 0.15) is 11.6 Å². The summed E-state index contributed by atoms with van der Waals surface area (Å²) in [5, 5.41) is 0. The van der Waals surface area contributed by atoms with Crippen LogP contribution in [-0.4, -0.2) is 16.1 Å². The fourth-order valence-electron chi connectivity index (χ4n) is 1.23. The van der Waals surface area contributed by atoms with E-state index in [9.17, 15) is 0 Å². The molecule has 0 aliphatic rings. The first kappa shape index (κ1) is 12.7. The molecule has 0 spiro atoms. The number of hydrazine groups is 1. The molecule has 90 valence electrons. The maximum absolute atomic E-state index is 5.65. The topological polar surface area (TPSA) is 73.1 Å². The molecule has 0 fully saturated rings. The lowest BCUT2D eigenvalue weighted by Gasteiger charge is -2.13. The zero-order valence-electron chi connectivity index (χ0n) is 10.2. The van der Waals surface area contributed by atoms with Crippen LogP contribution in [0.3, 0.4) is 0 Å². The van der Waals surface area contributed by atoms with Crippen molar-refractivity contribution in [2.45, 2.75) is 46.1 Å². The largest absolute Gasteiger partial charge is 0.475 e. The van der Waals surface area contributed by atoms with Gasteiger partial charge in [-0.05, 0) is 19.8 Å². The van der Waals surface area contributed by atoms with Gasteiger partial charge >= 0.3 is 0 Å². The lowest BCUT2D eigenvalue weighted by molar-refractivity contribution is 0.208. The maximum Gasteiger partial charge on any atom is 0.219 e. The zero-order valence-corrected chi connectivity index (χ0v) is 10.2. The van der Waals surface area contributed by atoms with Crippen molar-refractivity contribution in [2.24, 2.45) is 5.84 Å². The molecule has 0 saturated carbocycles. The Morgan fingerprint density at radius 3 is 2.75 bits per heavy atom. The Kier molecular flexibility index (Phi) is 4.98. The number of nitrogens with zero attached hydrogens (tertiary/aromatic N) is 2. The number of aryl methyl sites for hydroxylation is 1. The maximum atomic E-state index is 5.65. The SMILES string of the molecule is CCCc1nc(NN)cc(OC(C)CC)n1. The second-order valence-corrected chi connectivity index (χ2v) is 3.74. The Bertz CT molecular complexity index is 330. The molecule has 1 atom stereocenters. The van der Waals surface area contributed by atoms with E-state index in [0.29, 0.717) is 11.7 Å². The minimum Gasteiger partial charge on any atom is -0.475 e. The number of nitrogens with one attached hydrogen (secondary N) is 1. The summed E-state index contributed by atoms with van der Waals surface area (Å²) in [4.78, 5) is 8.58. The van der Waals surface area contributed by atoms with E-state index in [1.165, 1.54) is 0 Å². The highest BCUT2D eigenvalue weighted by atomic mass is 16.5. The number of anilines is 1. The van der Waals surface area contributed by atoms with Crippen LogP contribution in [0.15, 0.2) is 6.07 Å². The van der Waals surface area contributed by atoms with E-state index in [2.05, 4.69) is 29.2 Å². The number of ether oxygens (including phenoxy) is 1. The lowest BCUT2D eigenvalue weighted by Crippen LogP contribution is -2.14. The summed E-state index contributed by atoms with van der Waals surface area (Å²) in [6.07, 6.45) is 2.91. The van der Waals surface area contributed by atoms with Gasteiger partial charge in [-0.3, -0.25) is 0 Å². The molecule has 16 heavy (non-hydrogen) atoms. The first-order valence-electron chi connectivity index (χ1n) is 5.70. The van der Waals surface area contributed by atoms with Crippen molar-refractivity contribution in [2.75, 3.05) is 5.43 Å². The van der Waals surface area contributed by atoms with Crippen LogP contribution in [0.25, 0.3) is 0 Å². The van der Waals surface area contributed by atoms with Gasteiger partial charge < -0.3 is 10.2 Å². The van der Waals surface area contributed by atoms with Crippen molar-refractivity contribution in [3.8, 4) is 5.88 Å². The number of hydrogen-bond acceptors (Lipinski definition) is 5. The van der Waals surface area contributed by atoms with Crippen molar-refractivity contribution >= 4 is 5.82 Å². The molecular weight excluding hydrogens is 204 g/mol. The summed E-state index contributed by atoms with van der Waals surface area (Å²) in [6.45, 7) is 6.17. The standard InChI is InChI=1S/C11H20N4O/c1-4-6-9-13-10(15-12)7-11(14-9)16-8(3)5-2/h7-8H,4-6,12H2,1-3H3,(H,13,14,15). The Hall–Kier alpha value is -1.36. The van der Waals surface area contributed by atoms with Gasteiger partial charge in [-0.15, -0.1) is 0 Å². The van der Waals surface area contributed by atoms with Gasteiger partial charge in [0.15, 0.2) is 0 Å². The van der Waals surface area contributed by atoms with Gasteiger partial charge in [0.25, 0.3) is 0 Å². The monoisotopic (exact) mass is 224 g/mol. The summed E-state index contributed by atoms with van der Waals surface area (Å²) in [6, 6.07) is 1.71. The van der Waals surface area contributed by atoms with Crippen molar-refractivity contribution in [3.05, 3.63) is 11.9 Å². The van der Waals surface area contributed by atoms with Crippen molar-refractivity contribution < 1.29 is 4.74 Å². The molecule has 5 nitrogen and oxygen atoms in total. The molecule has 1 aromatic heterocycles. The Balaban J connectivity index is 2.85. The molecule has 0 bridgehead atoms. The predicted octanol–water partition coefficient (Wildman–Crippen LogP) is 1.89. The third-order valence-electron chi connectivity index (χ3n) is 2.27. The number of hydrogen-bond donors (Lipinski definition) is 2. The summed E-state index contributed by atoms with van der Waals surface area (Å²) in [7, 11) is 0. The number of rotatable bonds is 6. The van der Waals surface area contributed by atoms with E-state index in [1.54, 1.807) is 6.07 Å². The van der Waals surface area contributed by atoms with Crippen molar-refractivity contribution in [1.82, 2.24) is 9.97 Å². The highest BCUT2D eigenvalue weighted by molar-refractivity contribution is 5.37. The molecule has 0 aromatic carbocycles. The molecule has 3 N–H and O–H groups in total. The van der Waals surface area contributed by atoms with Crippen LogP contribution in [-0.2, 0) is 6.42 Å². The van der Waals surface area contributed by atoms with Crippen LogP contribution in [0, 0.1) is 0 Å². The van der Waals surface area contributed by atoms with Gasteiger partial charge in [-0.25, -0.2) is 10.8 Å². The molecular formula is C11H20N4O. The Morgan fingerprint density at radius 2 is 2.19 bits per heavy atom. The second-order valence-electron chi connectivity index (χ2n) is 3.74. The van der Waals surface area contributed by atoms with E-state index < -0.39 is 0 Å². The molecule has 1 unspecified atom stereocenters. The fraction of sp³-hybridized carbons (Fsp3) is 0.636. The van der Waals surface area contributed by atoms with Crippen LogP contribution in [0.2, 0.25) is 0 Å². The minimum atomic E-state index is 0.148. The number of nitrogens with two attached hydrogens (primary N) is 1. The van der Waals surface area contributed by atoms with Gasteiger partial charge in [0.2, 0.25) is 5.88 Å². The van der Waals surface area contributed by atoms with Gasteiger partial charge in [-0.1, -0.05) is 13.8 Å². The molecule has 0 amide bonds. The molecule has 1 rings (SSSR count). The van der Waals surface area contributed by atoms with Crippen LogP contribution in [0.1, 0.15) is 39.4 Å². The molecule has 1 heterocycles. The first-order valence-corrected chi connectivity index (χ1v) is 5.70. The van der Waals surface area contributed by atoms with E-state index in [4.69, 9.17) is 10.6 Å². The average Bonchev–Trinajstić information content (AvgIpc) is 2.29. The molecule has 1 aromatic rings. The van der Waals surface area contributed by atoms with Crippen LogP contribution < -0.4 is 16.0 Å². The smallest absolute Gasteiger partial charge is 0.219 e. The third kappa shape index (κ3) is 3.66. The normalized spacial score (nSPS) is 12.2. The summed E-state index contributed by atoms with van der Waals surface area (Å²) in [5.74, 6) is 7.29. The number of aromatic nitrogens is 2. The van der Waals surface area contributed by atoms with Gasteiger partial charge in [0.05, 0.1) is 6.10 Å². The van der Waals surface area contributed by atoms with Gasteiger partial charge in [-0.2, -0.15) is 4.98 Å². The Morgan fingerprint density at radius 1 is 1.44 bits per heavy atom. The zero-order chi connectivity index (χ0) is 12.0. The first-order chi connectivity index (χ1) is 7.69.